The van der Waals surface area contributed by atoms with Crippen LogP contribution in [0.25, 0.3) is 5.69 Å². The van der Waals surface area contributed by atoms with Gasteiger partial charge < -0.3 is 5.32 Å². The van der Waals surface area contributed by atoms with Crippen LogP contribution in [-0.2, 0) is 16.6 Å². The summed E-state index contributed by atoms with van der Waals surface area (Å²) in [6.45, 7) is 8.31. The molecule has 130 valence electrons. The number of hydrogen-bond donors (Lipinski definition) is 1. The minimum absolute atomic E-state index is 0.000279. The minimum atomic E-state index is -0.220. The fourth-order valence-corrected chi connectivity index (χ4v) is 3.34. The molecule has 0 spiro atoms. The molecule has 3 rings (SSSR count). The first kappa shape index (κ1) is 17.3. The highest BCUT2D eigenvalue weighted by Gasteiger charge is 2.25. The van der Waals surface area contributed by atoms with E-state index in [1.807, 2.05) is 10.9 Å². The first-order valence-electron chi connectivity index (χ1n) is 8.81. The van der Waals surface area contributed by atoms with Crippen molar-refractivity contribution in [1.29, 1.82) is 0 Å². The average Bonchev–Trinajstić information content (AvgIpc) is 2.99. The highest BCUT2D eigenvalue weighted by atomic mass is 16.1. The van der Waals surface area contributed by atoms with Crippen LogP contribution in [0, 0.1) is 11.8 Å². The maximum Gasteiger partial charge on any atom is 0.296 e. The van der Waals surface area contributed by atoms with Crippen LogP contribution in [0.5, 0.6) is 0 Å². The van der Waals surface area contributed by atoms with E-state index < -0.39 is 0 Å². The van der Waals surface area contributed by atoms with Gasteiger partial charge in [0.15, 0.2) is 0 Å². The van der Waals surface area contributed by atoms with Crippen LogP contribution < -0.4 is 5.32 Å². The van der Waals surface area contributed by atoms with Crippen LogP contribution in [0.15, 0.2) is 30.5 Å². The molecular formula is C21H25N3O. The van der Waals surface area contributed by atoms with Crippen molar-refractivity contribution in [3.8, 4) is 17.5 Å². The van der Waals surface area contributed by atoms with E-state index in [9.17, 15) is 4.79 Å². The second-order valence-electron chi connectivity index (χ2n) is 7.55. The molecule has 1 aromatic heterocycles. The van der Waals surface area contributed by atoms with E-state index in [1.54, 1.807) is 6.92 Å². The molecule has 0 radical (unpaired) electrons. The van der Waals surface area contributed by atoms with Crippen molar-refractivity contribution in [2.24, 2.45) is 0 Å². The van der Waals surface area contributed by atoms with Crippen LogP contribution in [0.2, 0.25) is 0 Å². The van der Waals surface area contributed by atoms with Crippen LogP contribution in [0.1, 0.15) is 63.4 Å². The number of benzene rings is 1. The molecule has 1 amide bonds. The van der Waals surface area contributed by atoms with Gasteiger partial charge in [-0.2, -0.15) is 5.10 Å². The Morgan fingerprint density at radius 2 is 2.00 bits per heavy atom. The summed E-state index contributed by atoms with van der Waals surface area (Å²) in [5.41, 5.74) is 4.80. The second kappa shape index (κ2) is 6.76. The Kier molecular flexibility index (Phi) is 4.67. The fourth-order valence-electron chi connectivity index (χ4n) is 3.34. The fraction of sp³-hybridized carbons (Fsp3) is 0.429. The molecule has 0 saturated heterocycles. The average molecular weight is 335 g/mol. The molecule has 2 aromatic rings. The molecular weight excluding hydrogens is 310 g/mol. The van der Waals surface area contributed by atoms with E-state index >= 15 is 0 Å². The predicted octanol–water partition coefficient (Wildman–Crippen LogP) is 3.69. The first-order chi connectivity index (χ1) is 11.9. The Morgan fingerprint density at radius 1 is 1.28 bits per heavy atom. The van der Waals surface area contributed by atoms with Crippen molar-refractivity contribution >= 4 is 5.91 Å². The van der Waals surface area contributed by atoms with E-state index in [0.717, 1.165) is 30.5 Å². The smallest absolute Gasteiger partial charge is 0.296 e. The van der Waals surface area contributed by atoms with E-state index in [1.165, 1.54) is 11.3 Å². The Balaban J connectivity index is 1.89. The van der Waals surface area contributed by atoms with Gasteiger partial charge in [-0.15, -0.1) is 0 Å². The predicted molar refractivity (Wildman–Crippen MR) is 99.5 cm³/mol. The topological polar surface area (TPSA) is 46.9 Å². The number of nitrogens with zero attached hydrogens (tertiary/aromatic N) is 2. The molecule has 0 bridgehead atoms. The quantitative estimate of drug-likeness (QED) is 0.851. The lowest BCUT2D eigenvalue weighted by atomic mass is 9.87. The molecule has 0 saturated carbocycles. The number of carbonyl (C=O) groups is 1. The Bertz CT molecular complexity index is 829. The largest absolute Gasteiger partial charge is 0.338 e. The van der Waals surface area contributed by atoms with Gasteiger partial charge in [-0.05, 0) is 55.2 Å². The lowest BCUT2D eigenvalue weighted by Gasteiger charge is -2.23. The zero-order valence-corrected chi connectivity index (χ0v) is 15.4. The van der Waals surface area contributed by atoms with Gasteiger partial charge >= 0.3 is 0 Å². The van der Waals surface area contributed by atoms with Crippen LogP contribution in [-0.4, -0.2) is 15.7 Å². The first-order valence-corrected chi connectivity index (χ1v) is 8.81. The van der Waals surface area contributed by atoms with Crippen LogP contribution in [0.4, 0.5) is 0 Å². The standard InChI is InChI=1S/C21H25N3O/c1-5-7-20(25)23-18-8-6-9-19-17(18)14-22-24(19)16-12-10-15(11-13-16)21(2,3)4/h10-14,18H,6,8-9H2,1-4H3,(H,23,25). The zero-order valence-electron chi connectivity index (χ0n) is 15.4. The zero-order chi connectivity index (χ0) is 18.0. The summed E-state index contributed by atoms with van der Waals surface area (Å²) >= 11 is 0. The number of fused-ring (bicyclic) bond motifs is 1. The summed E-state index contributed by atoms with van der Waals surface area (Å²) in [5, 5.41) is 7.60. The van der Waals surface area contributed by atoms with Gasteiger partial charge in [0.2, 0.25) is 0 Å². The van der Waals surface area contributed by atoms with Crippen molar-refractivity contribution < 1.29 is 4.79 Å². The van der Waals surface area contributed by atoms with Crippen molar-refractivity contribution in [2.45, 2.75) is 58.4 Å². The van der Waals surface area contributed by atoms with Crippen molar-refractivity contribution in [2.75, 3.05) is 0 Å². The third-order valence-electron chi connectivity index (χ3n) is 4.70. The highest BCUT2D eigenvalue weighted by Crippen LogP contribution is 2.31. The molecule has 25 heavy (non-hydrogen) atoms. The van der Waals surface area contributed by atoms with E-state index in [4.69, 9.17) is 0 Å². The molecule has 1 heterocycles. The molecule has 1 unspecified atom stereocenters. The molecule has 1 atom stereocenters. The Hall–Kier alpha value is -2.54. The number of aromatic nitrogens is 2. The molecule has 4 nitrogen and oxygen atoms in total. The molecule has 0 aliphatic heterocycles. The molecule has 1 aromatic carbocycles. The van der Waals surface area contributed by atoms with Gasteiger partial charge in [0, 0.05) is 11.3 Å². The van der Waals surface area contributed by atoms with Gasteiger partial charge in [0.25, 0.3) is 5.91 Å². The summed E-state index contributed by atoms with van der Waals surface area (Å²) in [6, 6.07) is 8.58. The molecule has 0 fully saturated rings. The van der Waals surface area contributed by atoms with Crippen LogP contribution >= 0.6 is 0 Å². The van der Waals surface area contributed by atoms with E-state index in [2.05, 4.69) is 67.3 Å². The number of hydrogen-bond acceptors (Lipinski definition) is 2. The third-order valence-corrected chi connectivity index (χ3v) is 4.70. The van der Waals surface area contributed by atoms with Crippen molar-refractivity contribution in [3.05, 3.63) is 47.3 Å². The van der Waals surface area contributed by atoms with Gasteiger partial charge in [-0.1, -0.05) is 38.8 Å². The monoisotopic (exact) mass is 335 g/mol. The van der Waals surface area contributed by atoms with Crippen molar-refractivity contribution in [3.63, 3.8) is 0 Å². The van der Waals surface area contributed by atoms with Gasteiger partial charge in [0.05, 0.1) is 17.9 Å². The number of amides is 1. The van der Waals surface area contributed by atoms with E-state index in [0.29, 0.717) is 0 Å². The number of carbonyl (C=O) groups excluding carboxylic acids is 1. The molecule has 1 aliphatic carbocycles. The Morgan fingerprint density at radius 3 is 2.64 bits per heavy atom. The number of nitrogens with one attached hydrogen (secondary N) is 1. The lowest BCUT2D eigenvalue weighted by Crippen LogP contribution is -2.29. The third kappa shape index (κ3) is 3.61. The van der Waals surface area contributed by atoms with Crippen molar-refractivity contribution in [1.82, 2.24) is 15.1 Å². The maximum atomic E-state index is 11.8. The van der Waals surface area contributed by atoms with E-state index in [-0.39, 0.29) is 17.4 Å². The summed E-state index contributed by atoms with van der Waals surface area (Å²) in [6.07, 6.45) is 4.82. The highest BCUT2D eigenvalue weighted by molar-refractivity contribution is 5.93. The maximum absolute atomic E-state index is 11.8. The minimum Gasteiger partial charge on any atom is -0.338 e. The summed E-state index contributed by atoms with van der Waals surface area (Å²) in [5.74, 6) is 4.98. The molecule has 1 N–H and O–H groups in total. The second-order valence-corrected chi connectivity index (χ2v) is 7.55. The lowest BCUT2D eigenvalue weighted by molar-refractivity contribution is -0.116. The summed E-state index contributed by atoms with van der Waals surface area (Å²) < 4.78 is 2.01. The van der Waals surface area contributed by atoms with Gasteiger partial charge in [-0.25, -0.2) is 4.68 Å². The SMILES string of the molecule is CC#CC(=O)NC1CCCc2c1cnn2-c1ccc(C(C)(C)C)cc1. The Labute approximate surface area is 149 Å². The molecule has 4 heteroatoms. The van der Waals surface area contributed by atoms with Gasteiger partial charge in [0.1, 0.15) is 0 Å². The van der Waals surface area contributed by atoms with Gasteiger partial charge in [-0.3, -0.25) is 4.79 Å². The summed E-state index contributed by atoms with van der Waals surface area (Å²) in [7, 11) is 0. The molecule has 1 aliphatic rings. The summed E-state index contributed by atoms with van der Waals surface area (Å²) in [4.78, 5) is 11.8. The van der Waals surface area contributed by atoms with Crippen LogP contribution in [0.3, 0.4) is 0 Å². The normalized spacial score (nSPS) is 16.6. The number of rotatable bonds is 2.